The molecule has 1 aliphatic heterocycles. The largest absolute Gasteiger partial charge is 0.493 e. The van der Waals surface area contributed by atoms with Crippen molar-refractivity contribution >= 4 is 34.7 Å². The van der Waals surface area contributed by atoms with Gasteiger partial charge in [0.2, 0.25) is 0 Å². The van der Waals surface area contributed by atoms with Crippen LogP contribution < -0.4 is 14.8 Å². The number of carbonyl (C=O) groups is 1. The van der Waals surface area contributed by atoms with Gasteiger partial charge in [0.15, 0.2) is 22.4 Å². The highest BCUT2D eigenvalue weighted by Crippen LogP contribution is 2.42. The van der Waals surface area contributed by atoms with Crippen molar-refractivity contribution in [1.29, 1.82) is 0 Å². The second kappa shape index (κ2) is 8.48. The number of ether oxygens (including phenoxy) is 2. The molecule has 0 saturated heterocycles. The van der Waals surface area contributed by atoms with E-state index >= 15 is 0 Å². The van der Waals surface area contributed by atoms with Crippen LogP contribution in [0.15, 0.2) is 23.4 Å². The summed E-state index contributed by atoms with van der Waals surface area (Å²) in [6, 6.07) is 3.38. The van der Waals surface area contributed by atoms with Crippen LogP contribution in [0.1, 0.15) is 51.1 Å². The monoisotopic (exact) mass is 408 g/mol. The van der Waals surface area contributed by atoms with Gasteiger partial charge in [0.05, 0.1) is 24.8 Å². The number of hydrogen-bond donors (Lipinski definition) is 1. The van der Waals surface area contributed by atoms with E-state index in [2.05, 4.69) is 17.1 Å². The predicted octanol–water partition coefficient (Wildman–Crippen LogP) is 4.40. The van der Waals surface area contributed by atoms with Crippen LogP contribution >= 0.6 is 23.8 Å². The number of rotatable bonds is 6. The summed E-state index contributed by atoms with van der Waals surface area (Å²) < 4.78 is 11.1. The Kier molecular flexibility index (Phi) is 6.27. The number of carbonyl (C=O) groups excluding carboxylic acids is 1. The summed E-state index contributed by atoms with van der Waals surface area (Å²) in [6.45, 7) is 5.29. The molecule has 1 unspecified atom stereocenters. The number of methoxy groups -OCH3 is 1. The first-order valence-corrected chi connectivity index (χ1v) is 10.1. The van der Waals surface area contributed by atoms with Crippen molar-refractivity contribution < 1.29 is 14.3 Å². The third-order valence-corrected chi connectivity index (χ3v) is 5.50. The van der Waals surface area contributed by atoms with Crippen molar-refractivity contribution in [3.8, 4) is 11.5 Å². The molecule has 27 heavy (non-hydrogen) atoms. The molecule has 1 aromatic rings. The highest BCUT2D eigenvalue weighted by atomic mass is 35.5. The normalized spacial score (nSPS) is 19.7. The Morgan fingerprint density at radius 2 is 2.11 bits per heavy atom. The van der Waals surface area contributed by atoms with E-state index in [0.29, 0.717) is 34.7 Å². The molecule has 3 rings (SSSR count). The van der Waals surface area contributed by atoms with E-state index in [9.17, 15) is 4.79 Å². The molecule has 0 aromatic heterocycles. The Balaban J connectivity index is 2.10. The number of hydrogen-bond acceptors (Lipinski definition) is 4. The molecule has 1 atom stereocenters. The van der Waals surface area contributed by atoms with E-state index in [1.54, 1.807) is 7.11 Å². The summed E-state index contributed by atoms with van der Waals surface area (Å²) in [4.78, 5) is 14.9. The van der Waals surface area contributed by atoms with Crippen molar-refractivity contribution in [3.05, 3.63) is 34.0 Å². The first-order chi connectivity index (χ1) is 13.0. The molecule has 2 aliphatic rings. The van der Waals surface area contributed by atoms with E-state index in [1.807, 2.05) is 19.1 Å². The van der Waals surface area contributed by atoms with Crippen LogP contribution in [-0.2, 0) is 4.79 Å². The summed E-state index contributed by atoms with van der Waals surface area (Å²) in [5.74, 6) is 1.23. The van der Waals surface area contributed by atoms with Crippen LogP contribution in [0.3, 0.4) is 0 Å². The fraction of sp³-hybridized carbons (Fsp3) is 0.500. The number of benzene rings is 1. The fourth-order valence-electron chi connectivity index (χ4n) is 3.75. The SMILES string of the molecule is CCCN1C(=S)NC(c2cc(Cl)c(OCC)c(OC)c2)C2=C1CCCC2=O. The number of nitrogens with zero attached hydrogens (tertiary/aromatic N) is 1. The second-order valence-corrected chi connectivity index (χ2v) is 7.43. The van der Waals surface area contributed by atoms with Crippen LogP contribution in [0.2, 0.25) is 5.02 Å². The van der Waals surface area contributed by atoms with Crippen molar-refractivity contribution in [2.24, 2.45) is 0 Å². The highest BCUT2D eigenvalue weighted by molar-refractivity contribution is 7.80. The van der Waals surface area contributed by atoms with Crippen LogP contribution in [0.25, 0.3) is 0 Å². The quantitative estimate of drug-likeness (QED) is 0.704. The molecule has 0 amide bonds. The van der Waals surface area contributed by atoms with E-state index in [1.165, 1.54) is 0 Å². The number of halogens is 1. The minimum Gasteiger partial charge on any atom is -0.493 e. The molecule has 0 saturated carbocycles. The van der Waals surface area contributed by atoms with Gasteiger partial charge in [-0.2, -0.15) is 0 Å². The third-order valence-electron chi connectivity index (χ3n) is 4.88. The maximum absolute atomic E-state index is 12.8. The zero-order valence-electron chi connectivity index (χ0n) is 15.9. The van der Waals surface area contributed by atoms with Gasteiger partial charge in [0, 0.05) is 24.2 Å². The topological polar surface area (TPSA) is 50.8 Å². The van der Waals surface area contributed by atoms with Gasteiger partial charge in [-0.25, -0.2) is 0 Å². The summed E-state index contributed by atoms with van der Waals surface area (Å²) in [7, 11) is 1.58. The lowest BCUT2D eigenvalue weighted by molar-refractivity contribution is -0.116. The van der Waals surface area contributed by atoms with Gasteiger partial charge in [0.25, 0.3) is 0 Å². The number of ketones is 1. The minimum absolute atomic E-state index is 0.168. The van der Waals surface area contributed by atoms with Gasteiger partial charge in [0.1, 0.15) is 0 Å². The average Bonchev–Trinajstić information content (AvgIpc) is 2.65. The van der Waals surface area contributed by atoms with Crippen molar-refractivity contribution in [3.63, 3.8) is 0 Å². The lowest BCUT2D eigenvalue weighted by Gasteiger charge is -2.41. The van der Waals surface area contributed by atoms with Gasteiger partial charge in [-0.15, -0.1) is 0 Å². The molecule has 1 aliphatic carbocycles. The van der Waals surface area contributed by atoms with Crippen molar-refractivity contribution in [1.82, 2.24) is 10.2 Å². The summed E-state index contributed by atoms with van der Waals surface area (Å²) in [6.07, 6.45) is 3.24. The molecule has 5 nitrogen and oxygen atoms in total. The van der Waals surface area contributed by atoms with Gasteiger partial charge in [-0.1, -0.05) is 18.5 Å². The molecular weight excluding hydrogens is 384 g/mol. The maximum atomic E-state index is 12.8. The van der Waals surface area contributed by atoms with Crippen LogP contribution in [0, 0.1) is 0 Å². The van der Waals surface area contributed by atoms with Crippen LogP contribution in [-0.4, -0.2) is 36.1 Å². The fourth-order valence-corrected chi connectivity index (χ4v) is 4.34. The molecule has 1 aromatic carbocycles. The molecule has 146 valence electrons. The summed E-state index contributed by atoms with van der Waals surface area (Å²) >= 11 is 12.1. The molecule has 7 heteroatoms. The molecule has 1 N–H and O–H groups in total. The summed E-state index contributed by atoms with van der Waals surface area (Å²) in [5, 5.41) is 4.46. The van der Waals surface area contributed by atoms with Gasteiger partial charge in [-0.05, 0) is 56.1 Å². The van der Waals surface area contributed by atoms with E-state index < -0.39 is 0 Å². The predicted molar refractivity (Wildman–Crippen MR) is 111 cm³/mol. The first kappa shape index (κ1) is 20.0. The molecular formula is C20H25ClN2O3S. The van der Waals surface area contributed by atoms with E-state index in [0.717, 1.165) is 42.6 Å². The Morgan fingerprint density at radius 1 is 1.33 bits per heavy atom. The third kappa shape index (κ3) is 3.78. The Labute approximate surface area is 170 Å². The average molecular weight is 409 g/mol. The maximum Gasteiger partial charge on any atom is 0.179 e. The van der Waals surface area contributed by atoms with Crippen LogP contribution in [0.4, 0.5) is 0 Å². The van der Waals surface area contributed by atoms with Gasteiger partial charge < -0.3 is 19.7 Å². The van der Waals surface area contributed by atoms with E-state index in [4.69, 9.17) is 33.3 Å². The Morgan fingerprint density at radius 3 is 2.78 bits per heavy atom. The standard InChI is InChI=1S/C20H25ClN2O3S/c1-4-9-23-14-7-6-8-15(24)17(14)18(22-20(23)27)12-10-13(21)19(26-5-2)16(11-12)25-3/h10-11,18H,4-9H2,1-3H3,(H,22,27). The second-order valence-electron chi connectivity index (χ2n) is 6.64. The lowest BCUT2D eigenvalue weighted by atomic mass is 9.84. The number of nitrogens with one attached hydrogen (secondary N) is 1. The number of Topliss-reactive ketones (excluding diaryl/α,β-unsaturated/α-hetero) is 1. The zero-order valence-corrected chi connectivity index (χ0v) is 17.5. The summed E-state index contributed by atoms with van der Waals surface area (Å²) in [5.41, 5.74) is 2.69. The van der Waals surface area contributed by atoms with Gasteiger partial charge >= 0.3 is 0 Å². The Bertz CT molecular complexity index is 794. The first-order valence-electron chi connectivity index (χ1n) is 9.36. The molecule has 0 fully saturated rings. The van der Waals surface area contributed by atoms with Gasteiger partial charge in [-0.3, -0.25) is 4.79 Å². The number of allylic oxidation sites excluding steroid dienone is 1. The Hall–Kier alpha value is -1.79. The lowest BCUT2D eigenvalue weighted by Crippen LogP contribution is -2.49. The molecule has 0 bridgehead atoms. The highest BCUT2D eigenvalue weighted by Gasteiger charge is 2.37. The minimum atomic E-state index is -0.324. The molecule has 0 radical (unpaired) electrons. The molecule has 0 spiro atoms. The van der Waals surface area contributed by atoms with Crippen LogP contribution in [0.5, 0.6) is 11.5 Å². The van der Waals surface area contributed by atoms with Crippen molar-refractivity contribution in [2.75, 3.05) is 20.3 Å². The zero-order chi connectivity index (χ0) is 19.6. The smallest absolute Gasteiger partial charge is 0.179 e. The number of thiocarbonyl (C=S) groups is 1. The van der Waals surface area contributed by atoms with Crippen molar-refractivity contribution in [2.45, 2.75) is 45.6 Å². The molecule has 1 heterocycles. The van der Waals surface area contributed by atoms with E-state index in [-0.39, 0.29) is 11.8 Å².